The van der Waals surface area contributed by atoms with E-state index in [1.165, 1.54) is 0 Å². The number of rotatable bonds is 4. The van der Waals surface area contributed by atoms with Gasteiger partial charge in [-0.2, -0.15) is 0 Å². The standard InChI is InChI=1S/C12H14Cl2N2O2/c1-15-5-4-10(17)16-9-6-18-12-7(9)2-3-8(13)11(12)14/h2-3,9,15H,4-6H2,1H3,(H,16,17). The molecule has 1 aliphatic heterocycles. The van der Waals surface area contributed by atoms with Crippen molar-refractivity contribution in [2.45, 2.75) is 12.5 Å². The lowest BCUT2D eigenvalue weighted by Gasteiger charge is -2.11. The molecule has 1 heterocycles. The van der Waals surface area contributed by atoms with E-state index in [-0.39, 0.29) is 11.9 Å². The fraction of sp³-hybridized carbons (Fsp3) is 0.417. The second-order valence-corrected chi connectivity index (χ2v) is 4.85. The van der Waals surface area contributed by atoms with Crippen LogP contribution >= 0.6 is 23.2 Å². The molecule has 0 radical (unpaired) electrons. The van der Waals surface area contributed by atoms with Crippen molar-refractivity contribution in [1.82, 2.24) is 10.6 Å². The number of nitrogens with one attached hydrogen (secondary N) is 2. The number of amides is 1. The molecule has 6 heteroatoms. The summed E-state index contributed by atoms with van der Waals surface area (Å²) in [6.07, 6.45) is 0.434. The van der Waals surface area contributed by atoms with E-state index in [9.17, 15) is 4.79 Å². The second kappa shape index (κ2) is 5.78. The number of halogens is 2. The van der Waals surface area contributed by atoms with Crippen molar-refractivity contribution in [1.29, 1.82) is 0 Å². The van der Waals surface area contributed by atoms with Crippen molar-refractivity contribution in [3.8, 4) is 5.75 Å². The van der Waals surface area contributed by atoms with Crippen LogP contribution in [-0.2, 0) is 4.79 Å². The van der Waals surface area contributed by atoms with E-state index in [1.807, 2.05) is 13.1 Å². The zero-order valence-electron chi connectivity index (χ0n) is 9.93. The average Bonchev–Trinajstić information content (AvgIpc) is 2.75. The van der Waals surface area contributed by atoms with E-state index >= 15 is 0 Å². The third-order valence-corrected chi connectivity index (χ3v) is 3.57. The minimum Gasteiger partial charge on any atom is -0.489 e. The predicted octanol–water partition coefficient (Wildman–Crippen LogP) is 2.15. The van der Waals surface area contributed by atoms with Crippen molar-refractivity contribution in [3.05, 3.63) is 27.7 Å². The summed E-state index contributed by atoms with van der Waals surface area (Å²) in [5.74, 6) is 0.556. The molecule has 1 aromatic rings. The van der Waals surface area contributed by atoms with Crippen LogP contribution in [-0.4, -0.2) is 26.1 Å². The highest BCUT2D eigenvalue weighted by Crippen LogP contribution is 2.41. The summed E-state index contributed by atoms with van der Waals surface area (Å²) in [4.78, 5) is 11.7. The van der Waals surface area contributed by atoms with Crippen LogP contribution < -0.4 is 15.4 Å². The minimum absolute atomic E-state index is 0.0168. The molecule has 1 atom stereocenters. The van der Waals surface area contributed by atoms with E-state index in [1.54, 1.807) is 6.07 Å². The third kappa shape index (κ3) is 2.71. The van der Waals surface area contributed by atoms with Crippen molar-refractivity contribution in [2.75, 3.05) is 20.2 Å². The summed E-state index contributed by atoms with van der Waals surface area (Å²) in [5, 5.41) is 6.70. The predicted molar refractivity (Wildman–Crippen MR) is 71.4 cm³/mol. The monoisotopic (exact) mass is 288 g/mol. The quantitative estimate of drug-likeness (QED) is 0.893. The number of hydrogen-bond donors (Lipinski definition) is 2. The Morgan fingerprint density at radius 2 is 2.28 bits per heavy atom. The van der Waals surface area contributed by atoms with Gasteiger partial charge in [0.15, 0.2) is 0 Å². The van der Waals surface area contributed by atoms with Crippen LogP contribution in [0.5, 0.6) is 5.75 Å². The van der Waals surface area contributed by atoms with Crippen LogP contribution in [0.4, 0.5) is 0 Å². The third-order valence-electron chi connectivity index (χ3n) is 2.79. The molecule has 1 amide bonds. The van der Waals surface area contributed by atoms with Gasteiger partial charge in [-0.1, -0.05) is 29.3 Å². The van der Waals surface area contributed by atoms with Gasteiger partial charge in [-0.15, -0.1) is 0 Å². The zero-order valence-corrected chi connectivity index (χ0v) is 11.4. The maximum absolute atomic E-state index is 11.7. The van der Waals surface area contributed by atoms with Gasteiger partial charge < -0.3 is 15.4 Å². The van der Waals surface area contributed by atoms with Crippen molar-refractivity contribution < 1.29 is 9.53 Å². The molecule has 18 heavy (non-hydrogen) atoms. The maximum atomic E-state index is 11.7. The molecular formula is C12H14Cl2N2O2. The summed E-state index contributed by atoms with van der Waals surface area (Å²) in [6.45, 7) is 1.04. The van der Waals surface area contributed by atoms with Crippen molar-refractivity contribution >= 4 is 29.1 Å². The molecule has 1 unspecified atom stereocenters. The topological polar surface area (TPSA) is 50.4 Å². The normalized spacial score (nSPS) is 17.2. The summed E-state index contributed by atoms with van der Waals surface area (Å²) >= 11 is 12.0. The molecule has 0 fully saturated rings. The van der Waals surface area contributed by atoms with Crippen LogP contribution in [0.1, 0.15) is 18.0 Å². The van der Waals surface area contributed by atoms with Crippen molar-refractivity contribution in [3.63, 3.8) is 0 Å². The largest absolute Gasteiger partial charge is 0.489 e. The van der Waals surface area contributed by atoms with Crippen LogP contribution in [0.15, 0.2) is 12.1 Å². The molecule has 0 aliphatic carbocycles. The first-order valence-corrected chi connectivity index (χ1v) is 6.43. The van der Waals surface area contributed by atoms with Gasteiger partial charge in [0, 0.05) is 18.5 Å². The first-order chi connectivity index (χ1) is 8.63. The van der Waals surface area contributed by atoms with Gasteiger partial charge >= 0.3 is 0 Å². The summed E-state index contributed by atoms with van der Waals surface area (Å²) in [5.41, 5.74) is 0.877. The summed E-state index contributed by atoms with van der Waals surface area (Å²) in [7, 11) is 1.81. The SMILES string of the molecule is CNCCC(=O)NC1COc2c1ccc(Cl)c2Cl. The molecule has 1 aromatic carbocycles. The highest BCUT2D eigenvalue weighted by atomic mass is 35.5. The number of fused-ring (bicyclic) bond motifs is 1. The average molecular weight is 289 g/mol. The number of carbonyl (C=O) groups excluding carboxylic acids is 1. The number of carbonyl (C=O) groups is 1. The molecule has 0 aromatic heterocycles. The smallest absolute Gasteiger partial charge is 0.221 e. The first-order valence-electron chi connectivity index (χ1n) is 5.68. The Morgan fingerprint density at radius 3 is 3.00 bits per heavy atom. The molecule has 2 N–H and O–H groups in total. The number of ether oxygens (including phenoxy) is 1. The maximum Gasteiger partial charge on any atom is 0.221 e. The van der Waals surface area contributed by atoms with Gasteiger partial charge in [0.25, 0.3) is 0 Å². The molecule has 2 rings (SSSR count). The van der Waals surface area contributed by atoms with Gasteiger partial charge in [0.05, 0.1) is 11.1 Å². The second-order valence-electron chi connectivity index (χ2n) is 4.06. The summed E-state index contributed by atoms with van der Waals surface area (Å²) < 4.78 is 5.48. The van der Waals surface area contributed by atoms with Gasteiger partial charge in [-0.05, 0) is 13.1 Å². The molecule has 0 saturated heterocycles. The van der Waals surface area contributed by atoms with Crippen LogP contribution in [0.3, 0.4) is 0 Å². The van der Waals surface area contributed by atoms with Gasteiger partial charge in [-0.3, -0.25) is 4.79 Å². The Labute approximate surface area is 116 Å². The van der Waals surface area contributed by atoms with E-state index in [0.29, 0.717) is 35.4 Å². The Kier molecular flexibility index (Phi) is 4.32. The van der Waals surface area contributed by atoms with E-state index in [0.717, 1.165) is 5.56 Å². The molecular weight excluding hydrogens is 275 g/mol. The van der Waals surface area contributed by atoms with Gasteiger partial charge in [-0.25, -0.2) is 0 Å². The van der Waals surface area contributed by atoms with Gasteiger partial charge in [0.1, 0.15) is 17.4 Å². The van der Waals surface area contributed by atoms with E-state index < -0.39 is 0 Å². The Balaban J connectivity index is 2.08. The fourth-order valence-corrected chi connectivity index (χ4v) is 2.22. The van der Waals surface area contributed by atoms with Crippen molar-refractivity contribution in [2.24, 2.45) is 0 Å². The van der Waals surface area contributed by atoms with Gasteiger partial charge in [0.2, 0.25) is 5.91 Å². The Hall–Kier alpha value is -0.970. The lowest BCUT2D eigenvalue weighted by Crippen LogP contribution is -2.31. The molecule has 1 aliphatic rings. The van der Waals surface area contributed by atoms with Crippen LogP contribution in [0, 0.1) is 0 Å². The minimum atomic E-state index is -0.154. The lowest BCUT2D eigenvalue weighted by atomic mass is 10.1. The molecule has 0 bridgehead atoms. The lowest BCUT2D eigenvalue weighted by molar-refractivity contribution is -0.121. The molecule has 0 spiro atoms. The van der Waals surface area contributed by atoms with E-state index in [2.05, 4.69) is 10.6 Å². The summed E-state index contributed by atoms with van der Waals surface area (Å²) in [6, 6.07) is 3.39. The molecule has 0 saturated carbocycles. The first kappa shape index (κ1) is 13.5. The highest BCUT2D eigenvalue weighted by molar-refractivity contribution is 6.43. The molecule has 98 valence electrons. The fourth-order valence-electron chi connectivity index (χ4n) is 1.85. The number of hydrogen-bond acceptors (Lipinski definition) is 3. The number of benzene rings is 1. The highest BCUT2D eigenvalue weighted by Gasteiger charge is 2.28. The van der Waals surface area contributed by atoms with E-state index in [4.69, 9.17) is 27.9 Å². The molecule has 4 nitrogen and oxygen atoms in total. The van der Waals surface area contributed by atoms with Crippen LogP contribution in [0.25, 0.3) is 0 Å². The Bertz CT molecular complexity index is 466. The zero-order chi connectivity index (χ0) is 13.1. The van der Waals surface area contributed by atoms with Crippen LogP contribution in [0.2, 0.25) is 10.0 Å². The Morgan fingerprint density at radius 1 is 1.50 bits per heavy atom.